The Balaban J connectivity index is 1.52. The number of anilines is 1. The molecular weight excluding hydrogens is 532 g/mol. The second-order valence-electron chi connectivity index (χ2n) is 8.82. The van der Waals surface area contributed by atoms with Crippen molar-refractivity contribution in [3.8, 4) is 5.75 Å². The van der Waals surface area contributed by atoms with E-state index in [1.807, 2.05) is 49.4 Å². The Kier molecular flexibility index (Phi) is 7.11. The first kappa shape index (κ1) is 23.9. The monoisotopic (exact) mass is 556 g/mol. The van der Waals surface area contributed by atoms with Crippen LogP contribution in [0.15, 0.2) is 64.5 Å². The first-order chi connectivity index (χ1) is 17.0. The molecule has 0 bridgehead atoms. The van der Waals surface area contributed by atoms with Gasteiger partial charge in [0, 0.05) is 26.3 Å². The fourth-order valence-electron chi connectivity index (χ4n) is 4.68. The Labute approximate surface area is 217 Å². The van der Waals surface area contributed by atoms with Gasteiger partial charge in [-0.1, -0.05) is 52.2 Å². The topological polar surface area (TPSA) is 78.3 Å². The summed E-state index contributed by atoms with van der Waals surface area (Å²) in [5, 5.41) is 8.28. The summed E-state index contributed by atoms with van der Waals surface area (Å²) >= 11 is 9.93. The number of nitrogens with one attached hydrogen (secondary N) is 1. The van der Waals surface area contributed by atoms with Gasteiger partial charge in [0.1, 0.15) is 30.8 Å². The third-order valence-corrected chi connectivity index (χ3v) is 7.31. The molecule has 1 aliphatic heterocycles. The third-order valence-electron chi connectivity index (χ3n) is 6.45. The number of nitrogens with zero attached hydrogens (tertiary/aromatic N) is 3. The average Bonchev–Trinajstić information content (AvgIpc) is 3.32. The standard InChI is InChI=1S/C26H26BrClN4O3/c1-16-23(25(33)35-19-8-3-2-4-9-19)24(32-26(31-16)29-15-30-32)20-13-18(27)11-12-22(20)34-14-17-7-5-6-10-21(17)28/h5-7,10-13,15,19,24H,2-4,8-9,14H2,1H3,(H,29,30,31). The minimum atomic E-state index is -0.566. The van der Waals surface area contributed by atoms with E-state index in [-0.39, 0.29) is 18.7 Å². The summed E-state index contributed by atoms with van der Waals surface area (Å²) < 4.78 is 14.8. The Bertz CT molecular complexity index is 1270. The molecule has 7 nitrogen and oxygen atoms in total. The van der Waals surface area contributed by atoms with Gasteiger partial charge in [0.2, 0.25) is 5.95 Å². The van der Waals surface area contributed by atoms with Crippen molar-refractivity contribution in [1.29, 1.82) is 0 Å². The van der Waals surface area contributed by atoms with E-state index in [0.29, 0.717) is 28.0 Å². The Morgan fingerprint density at radius 2 is 2.00 bits per heavy atom. The number of carbonyl (C=O) groups excluding carboxylic acids is 1. The molecule has 0 amide bonds. The summed E-state index contributed by atoms with van der Waals surface area (Å²) in [5.74, 6) is 0.834. The van der Waals surface area contributed by atoms with Crippen LogP contribution in [0.1, 0.15) is 56.2 Å². The van der Waals surface area contributed by atoms with Gasteiger partial charge in [0.05, 0.1) is 5.57 Å². The highest BCUT2D eigenvalue weighted by molar-refractivity contribution is 9.10. The van der Waals surface area contributed by atoms with Crippen molar-refractivity contribution < 1.29 is 14.3 Å². The molecule has 1 aliphatic carbocycles. The quantitative estimate of drug-likeness (QED) is 0.352. The molecule has 2 aliphatic rings. The number of allylic oxidation sites excluding steroid dienone is 1. The molecule has 0 radical (unpaired) electrons. The first-order valence-electron chi connectivity index (χ1n) is 11.7. The predicted molar refractivity (Wildman–Crippen MR) is 137 cm³/mol. The molecule has 1 saturated carbocycles. The Hall–Kier alpha value is -2.84. The maximum Gasteiger partial charge on any atom is 0.338 e. The van der Waals surface area contributed by atoms with Crippen molar-refractivity contribution in [2.75, 3.05) is 5.32 Å². The molecule has 1 aromatic heterocycles. The van der Waals surface area contributed by atoms with Crippen LogP contribution in [0.3, 0.4) is 0 Å². The van der Waals surface area contributed by atoms with Gasteiger partial charge < -0.3 is 14.8 Å². The fraction of sp³-hybridized carbons (Fsp3) is 0.346. The summed E-state index contributed by atoms with van der Waals surface area (Å²) in [7, 11) is 0. The molecule has 0 saturated heterocycles. The highest BCUT2D eigenvalue weighted by Gasteiger charge is 2.37. The number of carbonyl (C=O) groups is 1. The normalized spacial score (nSPS) is 18.1. The summed E-state index contributed by atoms with van der Waals surface area (Å²) in [5.41, 5.74) is 2.83. The maximum absolute atomic E-state index is 13.6. The number of esters is 1. The van der Waals surface area contributed by atoms with Crippen LogP contribution in [0.4, 0.5) is 5.95 Å². The third kappa shape index (κ3) is 5.09. The van der Waals surface area contributed by atoms with Gasteiger partial charge in [0.15, 0.2) is 0 Å². The molecule has 182 valence electrons. The minimum Gasteiger partial charge on any atom is -0.488 e. The van der Waals surface area contributed by atoms with Crippen molar-refractivity contribution in [2.45, 2.75) is 57.8 Å². The molecule has 5 rings (SSSR count). The van der Waals surface area contributed by atoms with Crippen molar-refractivity contribution >= 4 is 39.4 Å². The van der Waals surface area contributed by atoms with E-state index in [1.54, 1.807) is 4.68 Å². The van der Waals surface area contributed by atoms with E-state index in [1.165, 1.54) is 12.7 Å². The predicted octanol–water partition coefficient (Wildman–Crippen LogP) is 6.44. The number of aromatic nitrogens is 3. The lowest BCUT2D eigenvalue weighted by Gasteiger charge is -2.31. The summed E-state index contributed by atoms with van der Waals surface area (Å²) in [6.07, 6.45) is 6.55. The first-order valence-corrected chi connectivity index (χ1v) is 12.9. The van der Waals surface area contributed by atoms with Crippen LogP contribution in [0.25, 0.3) is 0 Å². The highest BCUT2D eigenvalue weighted by Crippen LogP contribution is 2.41. The number of halogens is 2. The van der Waals surface area contributed by atoms with E-state index in [9.17, 15) is 4.79 Å². The Morgan fingerprint density at radius 3 is 2.80 bits per heavy atom. The lowest BCUT2D eigenvalue weighted by Crippen LogP contribution is -2.32. The molecule has 3 aromatic rings. The van der Waals surface area contributed by atoms with E-state index in [0.717, 1.165) is 41.3 Å². The highest BCUT2D eigenvalue weighted by atomic mass is 79.9. The minimum absolute atomic E-state index is 0.0622. The van der Waals surface area contributed by atoms with Gasteiger partial charge in [-0.25, -0.2) is 9.48 Å². The second-order valence-corrected chi connectivity index (χ2v) is 10.1. The van der Waals surface area contributed by atoms with Crippen LogP contribution >= 0.6 is 27.5 Å². The van der Waals surface area contributed by atoms with E-state index < -0.39 is 6.04 Å². The van der Waals surface area contributed by atoms with Crippen LogP contribution in [-0.4, -0.2) is 26.8 Å². The number of hydrogen-bond donors (Lipinski definition) is 1. The van der Waals surface area contributed by atoms with Crippen molar-refractivity contribution in [3.63, 3.8) is 0 Å². The number of hydrogen-bond acceptors (Lipinski definition) is 6. The lowest BCUT2D eigenvalue weighted by molar-refractivity contribution is -0.146. The molecule has 1 atom stereocenters. The fourth-order valence-corrected chi connectivity index (χ4v) is 5.25. The van der Waals surface area contributed by atoms with Crippen LogP contribution < -0.4 is 10.1 Å². The van der Waals surface area contributed by atoms with Crippen LogP contribution in [0, 0.1) is 0 Å². The molecule has 1 fully saturated rings. The molecule has 1 N–H and O–H groups in total. The largest absolute Gasteiger partial charge is 0.488 e. The Morgan fingerprint density at radius 1 is 1.20 bits per heavy atom. The maximum atomic E-state index is 13.6. The molecular formula is C26H26BrClN4O3. The second kappa shape index (κ2) is 10.4. The molecule has 9 heteroatoms. The van der Waals surface area contributed by atoms with Gasteiger partial charge in [0.25, 0.3) is 0 Å². The molecule has 2 aromatic carbocycles. The summed E-state index contributed by atoms with van der Waals surface area (Å²) in [4.78, 5) is 17.9. The van der Waals surface area contributed by atoms with Crippen LogP contribution in [0.5, 0.6) is 5.75 Å². The lowest BCUT2D eigenvalue weighted by atomic mass is 9.94. The number of rotatable bonds is 6. The van der Waals surface area contributed by atoms with E-state index >= 15 is 0 Å². The average molecular weight is 558 g/mol. The number of fused-ring (bicyclic) bond motifs is 1. The number of benzene rings is 2. The van der Waals surface area contributed by atoms with Crippen LogP contribution in [0.2, 0.25) is 5.02 Å². The van der Waals surface area contributed by atoms with Crippen molar-refractivity contribution in [2.24, 2.45) is 0 Å². The van der Waals surface area contributed by atoms with Gasteiger partial charge in [-0.15, -0.1) is 0 Å². The van der Waals surface area contributed by atoms with Gasteiger partial charge >= 0.3 is 5.97 Å². The smallest absolute Gasteiger partial charge is 0.338 e. The zero-order chi connectivity index (χ0) is 24.4. The molecule has 35 heavy (non-hydrogen) atoms. The summed E-state index contributed by atoms with van der Waals surface area (Å²) in [6.45, 7) is 2.15. The zero-order valence-electron chi connectivity index (χ0n) is 19.3. The van der Waals surface area contributed by atoms with Gasteiger partial charge in [-0.3, -0.25) is 0 Å². The SMILES string of the molecule is CC1=C(C(=O)OC2CCCCC2)C(c2cc(Br)ccc2OCc2ccccc2Cl)n2ncnc2N1. The van der Waals surface area contributed by atoms with Crippen molar-refractivity contribution in [1.82, 2.24) is 14.8 Å². The van der Waals surface area contributed by atoms with E-state index in [2.05, 4.69) is 31.3 Å². The van der Waals surface area contributed by atoms with Gasteiger partial charge in [-0.05, 0) is 56.9 Å². The van der Waals surface area contributed by atoms with Gasteiger partial charge in [-0.2, -0.15) is 10.1 Å². The summed E-state index contributed by atoms with van der Waals surface area (Å²) in [6, 6.07) is 12.7. The number of ether oxygens (including phenoxy) is 2. The zero-order valence-corrected chi connectivity index (χ0v) is 21.7. The van der Waals surface area contributed by atoms with Crippen LogP contribution in [-0.2, 0) is 16.1 Å². The molecule has 0 spiro atoms. The molecule has 1 unspecified atom stereocenters. The molecule has 2 heterocycles. The van der Waals surface area contributed by atoms with E-state index in [4.69, 9.17) is 21.1 Å². The van der Waals surface area contributed by atoms with Crippen molar-refractivity contribution in [3.05, 3.63) is 80.7 Å².